The third kappa shape index (κ3) is 3.50. The second kappa shape index (κ2) is 8.04. The van der Waals surface area contributed by atoms with E-state index in [-0.39, 0.29) is 31.1 Å². The molecule has 4 heterocycles. The lowest BCUT2D eigenvalue weighted by atomic mass is 9.85. The van der Waals surface area contributed by atoms with Crippen molar-refractivity contribution in [1.82, 2.24) is 15.2 Å². The molecule has 3 aliphatic heterocycles. The first-order valence-electron chi connectivity index (χ1n) is 11.7. The van der Waals surface area contributed by atoms with Crippen molar-refractivity contribution >= 4 is 28.7 Å². The SMILES string of the molecule is CC(C)OC(=O)C[C@@H]1NC(=O)[C@H]2Cc3c([nH]c4ccccc34)[C@@H](c3ccc4c(c3)OCO4)N2C1=O. The molecule has 0 aliphatic carbocycles. The summed E-state index contributed by atoms with van der Waals surface area (Å²) in [6.07, 6.45) is -0.157. The number of aromatic nitrogens is 1. The van der Waals surface area contributed by atoms with Gasteiger partial charge in [-0.1, -0.05) is 24.3 Å². The Bertz CT molecular complexity index is 1360. The van der Waals surface area contributed by atoms with Crippen molar-refractivity contribution < 1.29 is 28.6 Å². The molecule has 9 nitrogen and oxygen atoms in total. The largest absolute Gasteiger partial charge is 0.463 e. The van der Waals surface area contributed by atoms with Crippen molar-refractivity contribution in [3.8, 4) is 11.5 Å². The van der Waals surface area contributed by atoms with Crippen LogP contribution in [0.5, 0.6) is 11.5 Å². The first-order chi connectivity index (χ1) is 16.9. The van der Waals surface area contributed by atoms with Gasteiger partial charge < -0.3 is 29.4 Å². The number of nitrogens with zero attached hydrogens (tertiary/aromatic N) is 1. The van der Waals surface area contributed by atoms with E-state index in [1.54, 1.807) is 18.7 Å². The van der Waals surface area contributed by atoms with Crippen molar-refractivity contribution in [1.29, 1.82) is 0 Å². The minimum absolute atomic E-state index is 0.134. The molecule has 3 aromatic rings. The van der Waals surface area contributed by atoms with Crippen LogP contribution in [-0.4, -0.2) is 52.6 Å². The molecule has 2 N–H and O–H groups in total. The Kier molecular flexibility index (Phi) is 4.94. The van der Waals surface area contributed by atoms with Gasteiger partial charge in [-0.2, -0.15) is 0 Å². The summed E-state index contributed by atoms with van der Waals surface area (Å²) in [5.74, 6) is 0.0965. The highest BCUT2D eigenvalue weighted by atomic mass is 16.7. The van der Waals surface area contributed by atoms with E-state index in [0.29, 0.717) is 17.9 Å². The van der Waals surface area contributed by atoms with E-state index in [1.165, 1.54) is 0 Å². The van der Waals surface area contributed by atoms with Gasteiger partial charge in [0.05, 0.1) is 18.6 Å². The highest BCUT2D eigenvalue weighted by molar-refractivity contribution is 6.00. The quantitative estimate of drug-likeness (QED) is 0.562. The maximum absolute atomic E-state index is 13.8. The molecule has 2 aromatic carbocycles. The number of fused-ring (bicyclic) bond motifs is 5. The van der Waals surface area contributed by atoms with Crippen LogP contribution in [0.4, 0.5) is 0 Å². The van der Waals surface area contributed by atoms with Gasteiger partial charge in [0.25, 0.3) is 0 Å². The topological polar surface area (TPSA) is 110 Å². The number of benzene rings is 2. The van der Waals surface area contributed by atoms with Crippen molar-refractivity contribution in [2.75, 3.05) is 6.79 Å². The number of amides is 2. The number of aromatic amines is 1. The number of hydrogen-bond donors (Lipinski definition) is 2. The normalized spacial score (nSPS) is 22.7. The summed E-state index contributed by atoms with van der Waals surface area (Å²) in [4.78, 5) is 44.6. The lowest BCUT2D eigenvalue weighted by Crippen LogP contribution is -2.66. The lowest BCUT2D eigenvalue weighted by Gasteiger charge is -2.46. The number of H-pyrrole nitrogens is 1. The average molecular weight is 476 g/mol. The van der Waals surface area contributed by atoms with Gasteiger partial charge in [-0.05, 0) is 43.2 Å². The Hall–Kier alpha value is -4.01. The van der Waals surface area contributed by atoms with E-state index < -0.39 is 24.1 Å². The zero-order valence-electron chi connectivity index (χ0n) is 19.4. The number of esters is 1. The summed E-state index contributed by atoms with van der Waals surface area (Å²) in [5.41, 5.74) is 3.59. The van der Waals surface area contributed by atoms with Crippen molar-refractivity contribution in [2.45, 2.75) is 50.9 Å². The predicted octanol–water partition coefficient (Wildman–Crippen LogP) is 2.58. The Balaban J connectivity index is 1.46. The number of carbonyl (C=O) groups is 3. The zero-order chi connectivity index (χ0) is 24.3. The van der Waals surface area contributed by atoms with Crippen molar-refractivity contribution in [2.24, 2.45) is 0 Å². The summed E-state index contributed by atoms with van der Waals surface area (Å²) in [6.45, 7) is 3.62. The van der Waals surface area contributed by atoms with E-state index in [4.69, 9.17) is 14.2 Å². The standard InChI is InChI=1S/C26H25N3O6/c1-13(2)35-22(30)11-18-26(32)29-19(25(31)28-18)10-16-15-5-3-4-6-17(15)27-23(16)24(29)14-7-8-20-21(9-14)34-12-33-20/h3-9,13,18-19,24,27H,10-12H2,1-2H3,(H,28,31)/t18-,19+,24+/m0/s1. The number of carbonyl (C=O) groups excluding carboxylic acids is 3. The van der Waals surface area contributed by atoms with Crippen LogP contribution < -0.4 is 14.8 Å². The highest BCUT2D eigenvalue weighted by Crippen LogP contribution is 2.44. The number of ether oxygens (including phenoxy) is 3. The fourth-order valence-electron chi connectivity index (χ4n) is 5.32. The Morgan fingerprint density at radius 2 is 1.94 bits per heavy atom. The van der Waals surface area contributed by atoms with Crippen molar-refractivity contribution in [3.05, 3.63) is 59.3 Å². The number of para-hydroxylation sites is 1. The molecule has 0 bridgehead atoms. The third-order valence-corrected chi connectivity index (χ3v) is 6.75. The minimum Gasteiger partial charge on any atom is -0.463 e. The molecule has 3 aliphatic rings. The first-order valence-corrected chi connectivity index (χ1v) is 11.7. The van der Waals surface area contributed by atoms with Crippen LogP contribution in [0, 0.1) is 0 Å². The predicted molar refractivity (Wildman–Crippen MR) is 125 cm³/mol. The Labute approximate surface area is 201 Å². The second-order valence-electron chi connectivity index (χ2n) is 9.35. The molecule has 35 heavy (non-hydrogen) atoms. The van der Waals surface area contributed by atoms with Crippen LogP contribution in [0.3, 0.4) is 0 Å². The fraction of sp³-hybridized carbons (Fsp3) is 0.346. The molecule has 180 valence electrons. The molecule has 0 spiro atoms. The maximum Gasteiger partial charge on any atom is 0.308 e. The summed E-state index contributed by atoms with van der Waals surface area (Å²) < 4.78 is 16.3. The van der Waals surface area contributed by atoms with Crippen LogP contribution in [0.15, 0.2) is 42.5 Å². The Morgan fingerprint density at radius 1 is 1.14 bits per heavy atom. The van der Waals surface area contributed by atoms with Gasteiger partial charge in [-0.15, -0.1) is 0 Å². The molecule has 6 rings (SSSR count). The van der Waals surface area contributed by atoms with Gasteiger partial charge >= 0.3 is 5.97 Å². The van der Waals surface area contributed by atoms with Gasteiger partial charge in [0.15, 0.2) is 11.5 Å². The molecule has 9 heteroatoms. The fourth-order valence-corrected chi connectivity index (χ4v) is 5.32. The molecule has 2 amide bonds. The molecular formula is C26H25N3O6. The summed E-state index contributed by atoms with van der Waals surface area (Å²) in [7, 11) is 0. The van der Waals surface area contributed by atoms with Gasteiger partial charge in [-0.25, -0.2) is 0 Å². The van der Waals surface area contributed by atoms with Crippen LogP contribution >= 0.6 is 0 Å². The van der Waals surface area contributed by atoms with Gasteiger partial charge in [0.1, 0.15) is 12.1 Å². The van der Waals surface area contributed by atoms with E-state index in [2.05, 4.69) is 10.3 Å². The molecule has 0 radical (unpaired) electrons. The number of nitrogens with one attached hydrogen (secondary N) is 2. The monoisotopic (exact) mass is 475 g/mol. The minimum atomic E-state index is -0.993. The van der Waals surface area contributed by atoms with Gasteiger partial charge in [-0.3, -0.25) is 14.4 Å². The maximum atomic E-state index is 13.8. The van der Waals surface area contributed by atoms with Gasteiger partial charge in [0.2, 0.25) is 18.6 Å². The molecule has 3 atom stereocenters. The van der Waals surface area contributed by atoms with E-state index in [0.717, 1.165) is 27.7 Å². The second-order valence-corrected chi connectivity index (χ2v) is 9.35. The molecule has 0 unspecified atom stereocenters. The van der Waals surface area contributed by atoms with Crippen LogP contribution in [0.2, 0.25) is 0 Å². The smallest absolute Gasteiger partial charge is 0.308 e. The first kappa shape index (κ1) is 21.5. The number of rotatable bonds is 4. The lowest BCUT2D eigenvalue weighted by molar-refractivity contribution is -0.157. The highest BCUT2D eigenvalue weighted by Gasteiger charge is 2.49. The van der Waals surface area contributed by atoms with E-state index >= 15 is 0 Å². The van der Waals surface area contributed by atoms with Crippen molar-refractivity contribution in [3.63, 3.8) is 0 Å². The van der Waals surface area contributed by atoms with Crippen LogP contribution in [-0.2, 0) is 25.5 Å². The average Bonchev–Trinajstić information content (AvgIpc) is 3.44. The summed E-state index contributed by atoms with van der Waals surface area (Å²) in [5, 5.41) is 3.79. The molecule has 0 saturated carbocycles. The summed E-state index contributed by atoms with van der Waals surface area (Å²) in [6, 6.07) is 11.2. The van der Waals surface area contributed by atoms with Crippen LogP contribution in [0.1, 0.15) is 43.1 Å². The molecule has 1 fully saturated rings. The number of piperazine rings is 1. The third-order valence-electron chi connectivity index (χ3n) is 6.75. The molecule has 1 aromatic heterocycles. The molecular weight excluding hydrogens is 450 g/mol. The van der Waals surface area contributed by atoms with E-state index in [1.807, 2.05) is 42.5 Å². The van der Waals surface area contributed by atoms with Crippen LogP contribution in [0.25, 0.3) is 10.9 Å². The van der Waals surface area contributed by atoms with E-state index in [9.17, 15) is 14.4 Å². The van der Waals surface area contributed by atoms with Gasteiger partial charge in [0, 0.05) is 23.0 Å². The molecule has 1 saturated heterocycles. The summed E-state index contributed by atoms with van der Waals surface area (Å²) >= 11 is 0. The zero-order valence-corrected chi connectivity index (χ0v) is 19.4. The Morgan fingerprint density at radius 3 is 2.77 bits per heavy atom. The number of hydrogen-bond acceptors (Lipinski definition) is 6.